The molecule has 0 saturated heterocycles. The van der Waals surface area contributed by atoms with Crippen LogP contribution in [0.3, 0.4) is 0 Å². The van der Waals surface area contributed by atoms with Gasteiger partial charge in [0, 0.05) is 0 Å². The van der Waals surface area contributed by atoms with Gasteiger partial charge in [-0.05, 0) is 47.3 Å². The third-order valence-electron chi connectivity index (χ3n) is 3.93. The maximum atomic E-state index is 10.4. The number of hydrogen-bond acceptors (Lipinski definition) is 7. The smallest absolute Gasteiger partial charge is 0.473 e. The summed E-state index contributed by atoms with van der Waals surface area (Å²) in [6.07, 6.45) is 1.41. The number of nitriles is 2. The van der Waals surface area contributed by atoms with Gasteiger partial charge >= 0.3 is 21.4 Å². The number of furan rings is 1. The quantitative estimate of drug-likeness (QED) is 0.540. The largest absolute Gasteiger partial charge is 0.505 e. The van der Waals surface area contributed by atoms with Crippen LogP contribution in [0.5, 0.6) is 0 Å². The fourth-order valence-corrected chi connectivity index (χ4v) is 2.43. The van der Waals surface area contributed by atoms with Crippen LogP contribution in [0.15, 0.2) is 71.3 Å². The molecule has 0 aliphatic carbocycles. The van der Waals surface area contributed by atoms with Crippen molar-refractivity contribution in [3.8, 4) is 12.1 Å². The van der Waals surface area contributed by atoms with Crippen LogP contribution < -0.4 is 16.6 Å². The molecule has 2 N–H and O–H groups in total. The molecule has 0 radical (unpaired) electrons. The van der Waals surface area contributed by atoms with Crippen molar-refractivity contribution >= 4 is 37.9 Å². The summed E-state index contributed by atoms with van der Waals surface area (Å²) in [4.78, 5) is 0. The van der Waals surface area contributed by atoms with Crippen LogP contribution in [-0.2, 0) is 9.14 Å². The molecule has 0 unspecified atom stereocenters. The lowest BCUT2D eigenvalue weighted by molar-refractivity contribution is 0.349. The van der Waals surface area contributed by atoms with Crippen LogP contribution in [0.1, 0.15) is 11.1 Å². The minimum Gasteiger partial charge on any atom is -0.473 e. The van der Waals surface area contributed by atoms with Crippen molar-refractivity contribution in [1.29, 1.82) is 10.5 Å². The first-order valence-electron chi connectivity index (χ1n) is 8.31. The SMILES string of the molecule is N#Cc1ccc(B(O)OB(OB(O)c2ccc(C#N)cc2)c2ccco2)cc1. The molecule has 0 spiro atoms. The molecule has 0 aliphatic rings. The summed E-state index contributed by atoms with van der Waals surface area (Å²) in [5.41, 5.74) is 1.97. The highest BCUT2D eigenvalue weighted by atomic mass is 16.6. The Morgan fingerprint density at radius 1 is 0.750 bits per heavy atom. The molecular weight excluding hydrogens is 357 g/mol. The van der Waals surface area contributed by atoms with Crippen LogP contribution in [-0.4, -0.2) is 31.4 Å². The molecule has 0 amide bonds. The van der Waals surface area contributed by atoms with Crippen molar-refractivity contribution in [3.63, 3.8) is 0 Å². The second-order valence-corrected chi connectivity index (χ2v) is 5.79. The standard InChI is InChI=1S/C18H13B3N2O5/c22-12-14-3-7-16(8-4-14)19(24)27-21(18-2-1-11-26-18)28-20(25)17-9-5-15(13-23)6-10-17/h1-11,24-25H. The third kappa shape index (κ3) is 4.71. The van der Waals surface area contributed by atoms with Crippen LogP contribution >= 0.6 is 0 Å². The third-order valence-corrected chi connectivity index (χ3v) is 3.93. The molecule has 2 aromatic carbocycles. The number of rotatable bonds is 7. The van der Waals surface area contributed by atoms with E-state index in [4.69, 9.17) is 24.1 Å². The Kier molecular flexibility index (Phi) is 6.33. The van der Waals surface area contributed by atoms with Gasteiger partial charge in [-0.15, -0.1) is 0 Å². The van der Waals surface area contributed by atoms with E-state index in [9.17, 15) is 10.0 Å². The molecule has 1 heterocycles. The Morgan fingerprint density at radius 2 is 1.21 bits per heavy atom. The van der Waals surface area contributed by atoms with E-state index in [1.807, 2.05) is 12.1 Å². The van der Waals surface area contributed by atoms with Gasteiger partial charge < -0.3 is 23.6 Å². The van der Waals surface area contributed by atoms with Crippen molar-refractivity contribution < 1.29 is 23.6 Å². The Hall–Kier alpha value is -3.27. The van der Waals surface area contributed by atoms with Gasteiger partial charge in [-0.2, -0.15) is 10.5 Å². The maximum absolute atomic E-state index is 10.4. The van der Waals surface area contributed by atoms with Crippen LogP contribution in [0.2, 0.25) is 0 Å². The van der Waals surface area contributed by atoms with Crippen molar-refractivity contribution in [3.05, 3.63) is 78.1 Å². The molecule has 3 aromatic rings. The van der Waals surface area contributed by atoms with Crippen LogP contribution in [0.4, 0.5) is 0 Å². The minimum atomic E-state index is -1.38. The van der Waals surface area contributed by atoms with Crippen LogP contribution in [0, 0.1) is 22.7 Å². The summed E-state index contributed by atoms with van der Waals surface area (Å²) in [6.45, 7) is 0. The molecule has 0 aliphatic heterocycles. The van der Waals surface area contributed by atoms with Crippen molar-refractivity contribution in [1.82, 2.24) is 0 Å². The first-order valence-corrected chi connectivity index (χ1v) is 8.31. The predicted molar refractivity (Wildman–Crippen MR) is 104 cm³/mol. The Balaban J connectivity index is 1.75. The molecule has 1 aromatic heterocycles. The molecule has 0 atom stereocenters. The molecule has 134 valence electrons. The molecule has 0 bridgehead atoms. The summed E-state index contributed by atoms with van der Waals surface area (Å²) in [7, 11) is -3.96. The van der Waals surface area contributed by atoms with Crippen molar-refractivity contribution in [2.24, 2.45) is 0 Å². The fourth-order valence-electron chi connectivity index (χ4n) is 2.43. The minimum absolute atomic E-state index is 0.250. The van der Waals surface area contributed by atoms with Gasteiger partial charge in [0.15, 0.2) is 0 Å². The Bertz CT molecular complexity index is 917. The first-order chi connectivity index (χ1) is 13.6. The molecule has 10 heteroatoms. The van der Waals surface area contributed by atoms with Crippen molar-refractivity contribution in [2.45, 2.75) is 0 Å². The van der Waals surface area contributed by atoms with E-state index in [0.717, 1.165) is 0 Å². The molecular formula is C18H13B3N2O5. The summed E-state index contributed by atoms with van der Waals surface area (Å²) >= 11 is 0. The summed E-state index contributed by atoms with van der Waals surface area (Å²) in [5.74, 6) is 0. The Morgan fingerprint density at radius 3 is 1.57 bits per heavy atom. The summed E-state index contributed by atoms with van der Waals surface area (Å²) in [6, 6.07) is 19.6. The van der Waals surface area contributed by atoms with Gasteiger partial charge in [-0.25, -0.2) is 0 Å². The zero-order chi connectivity index (χ0) is 19.9. The number of nitrogens with zero attached hydrogens (tertiary/aromatic N) is 2. The molecule has 0 fully saturated rings. The van der Waals surface area contributed by atoms with Gasteiger partial charge in [0.05, 0.1) is 29.5 Å². The average Bonchev–Trinajstić information content (AvgIpc) is 3.28. The zero-order valence-corrected chi connectivity index (χ0v) is 14.6. The topological polar surface area (TPSA) is 120 Å². The van der Waals surface area contributed by atoms with E-state index in [1.165, 1.54) is 6.26 Å². The lowest BCUT2D eigenvalue weighted by Gasteiger charge is -2.18. The fraction of sp³-hybridized carbons (Fsp3) is 0. The van der Waals surface area contributed by atoms with E-state index < -0.39 is 21.4 Å². The van der Waals surface area contributed by atoms with Gasteiger partial charge in [-0.1, -0.05) is 24.3 Å². The van der Waals surface area contributed by atoms with E-state index in [0.29, 0.717) is 22.1 Å². The van der Waals surface area contributed by atoms with Gasteiger partial charge in [0.1, 0.15) is 5.66 Å². The van der Waals surface area contributed by atoms with E-state index in [-0.39, 0.29) is 5.66 Å². The first kappa shape index (κ1) is 19.5. The summed E-state index contributed by atoms with van der Waals surface area (Å²) < 4.78 is 16.4. The van der Waals surface area contributed by atoms with Gasteiger partial charge in [0.25, 0.3) is 0 Å². The maximum Gasteiger partial charge on any atom is 0.505 e. The highest BCUT2D eigenvalue weighted by Crippen LogP contribution is 2.02. The second kappa shape index (κ2) is 9.09. The van der Waals surface area contributed by atoms with E-state index in [2.05, 4.69) is 0 Å². The lowest BCUT2D eigenvalue weighted by atomic mass is 9.69. The average molecular weight is 370 g/mol. The van der Waals surface area contributed by atoms with Gasteiger partial charge in [0.2, 0.25) is 0 Å². The van der Waals surface area contributed by atoms with E-state index in [1.54, 1.807) is 60.7 Å². The number of hydrogen-bond donors (Lipinski definition) is 2. The Labute approximate surface area is 162 Å². The van der Waals surface area contributed by atoms with Crippen LogP contribution in [0.25, 0.3) is 0 Å². The lowest BCUT2D eigenvalue weighted by Crippen LogP contribution is -2.51. The predicted octanol–water partition coefficient (Wildman–Crippen LogP) is -0.473. The van der Waals surface area contributed by atoms with E-state index >= 15 is 0 Å². The second-order valence-electron chi connectivity index (χ2n) is 5.79. The monoisotopic (exact) mass is 370 g/mol. The normalized spacial score (nSPS) is 10.0. The number of benzene rings is 2. The summed E-state index contributed by atoms with van der Waals surface area (Å²) in [5, 5.41) is 38.4. The molecule has 0 saturated carbocycles. The molecule has 7 nitrogen and oxygen atoms in total. The zero-order valence-electron chi connectivity index (χ0n) is 14.6. The van der Waals surface area contributed by atoms with Gasteiger partial charge in [-0.3, -0.25) is 0 Å². The highest BCUT2D eigenvalue weighted by Gasteiger charge is 2.35. The molecule has 28 heavy (non-hydrogen) atoms. The van der Waals surface area contributed by atoms with Crippen molar-refractivity contribution in [2.75, 3.05) is 0 Å². The highest BCUT2D eigenvalue weighted by molar-refractivity contribution is 6.78. The molecule has 3 rings (SSSR count).